The highest BCUT2D eigenvalue weighted by atomic mass is 16.5. The molecular weight excluding hydrogens is 306 g/mol. The molecule has 3 amide bonds. The summed E-state index contributed by atoms with van der Waals surface area (Å²) in [6.45, 7) is 6.40. The van der Waals surface area contributed by atoms with Gasteiger partial charge in [0, 0.05) is 32.7 Å². The normalized spacial score (nSPS) is 18.5. The van der Waals surface area contributed by atoms with E-state index in [0.717, 1.165) is 12.0 Å². The van der Waals surface area contributed by atoms with Crippen molar-refractivity contribution in [2.75, 3.05) is 26.3 Å². The molecule has 1 heterocycles. The predicted octanol–water partition coefficient (Wildman–Crippen LogP) is 2.07. The van der Waals surface area contributed by atoms with Gasteiger partial charge in [0.2, 0.25) is 5.91 Å². The number of carbonyl (C=O) groups excluding carboxylic acids is 2. The summed E-state index contributed by atoms with van der Waals surface area (Å²) in [5, 5.41) is 5.68. The zero-order valence-electron chi connectivity index (χ0n) is 14.5. The molecule has 6 nitrogen and oxygen atoms in total. The van der Waals surface area contributed by atoms with Crippen molar-refractivity contribution in [1.82, 2.24) is 15.5 Å². The van der Waals surface area contributed by atoms with E-state index in [2.05, 4.69) is 10.6 Å². The van der Waals surface area contributed by atoms with Crippen LogP contribution in [0.15, 0.2) is 30.3 Å². The van der Waals surface area contributed by atoms with Gasteiger partial charge >= 0.3 is 6.03 Å². The topological polar surface area (TPSA) is 70.7 Å². The summed E-state index contributed by atoms with van der Waals surface area (Å²) in [5.41, 5.74) is 1.10. The van der Waals surface area contributed by atoms with Gasteiger partial charge in [-0.25, -0.2) is 4.79 Å². The van der Waals surface area contributed by atoms with E-state index in [1.807, 2.05) is 49.1 Å². The highest BCUT2D eigenvalue weighted by Gasteiger charge is 2.33. The standard InChI is InChI=1S/C18H27N3O3/c1-3-24-11-7-10-19-18(23)20-16-12-17(22)21(13-16)14(2)15-8-5-4-6-9-15/h4-6,8-9,14,16H,3,7,10-13H2,1-2H3,(H2,19,20,23). The predicted molar refractivity (Wildman–Crippen MR) is 92.6 cm³/mol. The van der Waals surface area contributed by atoms with E-state index in [-0.39, 0.29) is 24.0 Å². The molecule has 0 aromatic heterocycles. The van der Waals surface area contributed by atoms with Crippen LogP contribution in [0, 0.1) is 0 Å². The number of likely N-dealkylation sites (tertiary alicyclic amines) is 1. The van der Waals surface area contributed by atoms with Gasteiger partial charge in [-0.2, -0.15) is 0 Å². The summed E-state index contributed by atoms with van der Waals surface area (Å²) in [5.74, 6) is 0.0769. The molecule has 0 spiro atoms. The summed E-state index contributed by atoms with van der Waals surface area (Å²) in [6, 6.07) is 9.58. The number of urea groups is 1. The Morgan fingerprint density at radius 2 is 2.12 bits per heavy atom. The molecule has 24 heavy (non-hydrogen) atoms. The number of rotatable bonds is 8. The van der Waals surface area contributed by atoms with E-state index in [9.17, 15) is 9.59 Å². The lowest BCUT2D eigenvalue weighted by atomic mass is 10.1. The third kappa shape index (κ3) is 5.23. The Morgan fingerprint density at radius 3 is 2.83 bits per heavy atom. The Bertz CT molecular complexity index is 536. The fourth-order valence-corrected chi connectivity index (χ4v) is 2.87. The van der Waals surface area contributed by atoms with Crippen molar-refractivity contribution in [3.63, 3.8) is 0 Å². The number of amides is 3. The van der Waals surface area contributed by atoms with Gasteiger partial charge in [-0.1, -0.05) is 30.3 Å². The van der Waals surface area contributed by atoms with Crippen LogP contribution in [0.1, 0.15) is 38.3 Å². The monoisotopic (exact) mass is 333 g/mol. The molecule has 1 aromatic carbocycles. The van der Waals surface area contributed by atoms with E-state index in [0.29, 0.717) is 32.7 Å². The average molecular weight is 333 g/mol. The molecule has 1 fully saturated rings. The molecule has 6 heteroatoms. The van der Waals surface area contributed by atoms with Crippen LogP contribution in [-0.2, 0) is 9.53 Å². The molecule has 2 rings (SSSR count). The van der Waals surface area contributed by atoms with Crippen LogP contribution in [0.4, 0.5) is 4.79 Å². The maximum atomic E-state index is 12.3. The molecule has 2 atom stereocenters. The maximum Gasteiger partial charge on any atom is 0.315 e. The molecular formula is C18H27N3O3. The lowest BCUT2D eigenvalue weighted by Gasteiger charge is -2.25. The van der Waals surface area contributed by atoms with Crippen LogP contribution in [0.3, 0.4) is 0 Å². The summed E-state index contributed by atoms with van der Waals surface area (Å²) in [4.78, 5) is 26.0. The van der Waals surface area contributed by atoms with Crippen LogP contribution in [-0.4, -0.2) is 49.2 Å². The van der Waals surface area contributed by atoms with Crippen molar-refractivity contribution in [2.24, 2.45) is 0 Å². The average Bonchev–Trinajstić information content (AvgIpc) is 2.95. The van der Waals surface area contributed by atoms with Gasteiger partial charge in [-0.05, 0) is 25.8 Å². The Hall–Kier alpha value is -2.08. The van der Waals surface area contributed by atoms with Crippen molar-refractivity contribution < 1.29 is 14.3 Å². The number of ether oxygens (including phenoxy) is 1. The minimum atomic E-state index is -0.224. The number of nitrogens with one attached hydrogen (secondary N) is 2. The molecule has 1 aromatic rings. The first-order valence-corrected chi connectivity index (χ1v) is 8.58. The van der Waals surface area contributed by atoms with Gasteiger partial charge in [0.25, 0.3) is 0 Å². The minimum Gasteiger partial charge on any atom is -0.382 e. The number of hydrogen-bond donors (Lipinski definition) is 2. The fraction of sp³-hybridized carbons (Fsp3) is 0.556. The first-order chi connectivity index (χ1) is 11.6. The largest absolute Gasteiger partial charge is 0.382 e. The summed E-state index contributed by atoms with van der Waals surface area (Å²) in [7, 11) is 0. The number of nitrogens with zero attached hydrogens (tertiary/aromatic N) is 1. The number of hydrogen-bond acceptors (Lipinski definition) is 3. The summed E-state index contributed by atoms with van der Waals surface area (Å²) >= 11 is 0. The number of carbonyl (C=O) groups is 2. The van der Waals surface area contributed by atoms with Crippen LogP contribution < -0.4 is 10.6 Å². The third-order valence-electron chi connectivity index (χ3n) is 4.20. The number of benzene rings is 1. The van der Waals surface area contributed by atoms with Gasteiger partial charge in [0.1, 0.15) is 0 Å². The second-order valence-electron chi connectivity index (χ2n) is 5.98. The van der Waals surface area contributed by atoms with Gasteiger partial charge in [-0.3, -0.25) is 4.79 Å². The zero-order chi connectivity index (χ0) is 17.4. The van der Waals surface area contributed by atoms with E-state index >= 15 is 0 Å². The molecule has 0 aliphatic carbocycles. The molecule has 1 saturated heterocycles. The van der Waals surface area contributed by atoms with Gasteiger partial charge in [0.15, 0.2) is 0 Å². The Kier molecular flexibility index (Phi) is 7.06. The third-order valence-corrected chi connectivity index (χ3v) is 4.20. The first-order valence-electron chi connectivity index (χ1n) is 8.58. The Balaban J connectivity index is 1.76. The summed E-state index contributed by atoms with van der Waals surface area (Å²) in [6.07, 6.45) is 1.13. The van der Waals surface area contributed by atoms with Crippen molar-refractivity contribution in [3.8, 4) is 0 Å². The molecule has 0 bridgehead atoms. The van der Waals surface area contributed by atoms with E-state index in [4.69, 9.17) is 4.74 Å². The fourth-order valence-electron chi connectivity index (χ4n) is 2.87. The zero-order valence-corrected chi connectivity index (χ0v) is 14.5. The first kappa shape index (κ1) is 18.3. The van der Waals surface area contributed by atoms with Gasteiger partial charge < -0.3 is 20.3 Å². The van der Waals surface area contributed by atoms with E-state index in [1.54, 1.807) is 0 Å². The minimum absolute atomic E-state index is 0.0137. The molecule has 0 radical (unpaired) electrons. The second-order valence-corrected chi connectivity index (χ2v) is 5.98. The molecule has 2 unspecified atom stereocenters. The quantitative estimate of drug-likeness (QED) is 0.716. The summed E-state index contributed by atoms with van der Waals surface area (Å²) < 4.78 is 5.22. The van der Waals surface area contributed by atoms with Crippen LogP contribution in [0.25, 0.3) is 0 Å². The van der Waals surface area contributed by atoms with Crippen molar-refractivity contribution in [1.29, 1.82) is 0 Å². The lowest BCUT2D eigenvalue weighted by Crippen LogP contribution is -2.43. The second kappa shape index (κ2) is 9.27. The van der Waals surface area contributed by atoms with Gasteiger partial charge in [-0.15, -0.1) is 0 Å². The molecule has 132 valence electrons. The molecule has 1 aliphatic rings. The molecule has 2 N–H and O–H groups in total. The van der Waals surface area contributed by atoms with Crippen molar-refractivity contribution >= 4 is 11.9 Å². The van der Waals surface area contributed by atoms with E-state index < -0.39 is 0 Å². The van der Waals surface area contributed by atoms with Crippen molar-refractivity contribution in [2.45, 2.75) is 38.8 Å². The molecule has 1 aliphatic heterocycles. The molecule has 0 saturated carbocycles. The lowest BCUT2D eigenvalue weighted by molar-refractivity contribution is -0.129. The Labute approximate surface area is 143 Å². The Morgan fingerprint density at radius 1 is 1.38 bits per heavy atom. The van der Waals surface area contributed by atoms with Crippen LogP contribution >= 0.6 is 0 Å². The SMILES string of the molecule is CCOCCCNC(=O)NC1CC(=O)N(C(C)c2ccccc2)C1. The van der Waals surface area contributed by atoms with Gasteiger partial charge in [0.05, 0.1) is 12.1 Å². The van der Waals surface area contributed by atoms with Crippen LogP contribution in [0.5, 0.6) is 0 Å². The van der Waals surface area contributed by atoms with E-state index in [1.165, 1.54) is 0 Å². The highest BCUT2D eigenvalue weighted by molar-refractivity contribution is 5.82. The van der Waals surface area contributed by atoms with Crippen molar-refractivity contribution in [3.05, 3.63) is 35.9 Å². The van der Waals surface area contributed by atoms with Crippen LogP contribution in [0.2, 0.25) is 0 Å². The smallest absolute Gasteiger partial charge is 0.315 e. The highest BCUT2D eigenvalue weighted by Crippen LogP contribution is 2.25. The maximum absolute atomic E-state index is 12.3.